The number of aromatic nitrogens is 2. The molecule has 8 nitrogen and oxygen atoms in total. The zero-order valence-electron chi connectivity index (χ0n) is 15.2. The number of nitrogens with zero attached hydrogens (tertiary/aromatic N) is 2. The minimum Gasteiger partial charge on any atom is -0.393 e. The van der Waals surface area contributed by atoms with Gasteiger partial charge in [0.25, 0.3) is 5.91 Å². The van der Waals surface area contributed by atoms with Crippen molar-refractivity contribution in [3.05, 3.63) is 11.8 Å². The third-order valence-electron chi connectivity index (χ3n) is 5.58. The average Bonchev–Trinajstić information content (AvgIpc) is 2.60. The van der Waals surface area contributed by atoms with Crippen LogP contribution in [0.5, 0.6) is 0 Å². The lowest BCUT2D eigenvalue weighted by Crippen LogP contribution is -2.36. The quantitative estimate of drug-likeness (QED) is 0.531. The maximum Gasteiger partial charge on any atom is 0.254 e. The minimum absolute atomic E-state index is 0.0480. The van der Waals surface area contributed by atoms with Gasteiger partial charge in [-0.2, -0.15) is 4.98 Å². The van der Waals surface area contributed by atoms with Gasteiger partial charge in [-0.3, -0.25) is 4.79 Å². The fourth-order valence-electron chi connectivity index (χ4n) is 3.77. The summed E-state index contributed by atoms with van der Waals surface area (Å²) in [7, 11) is 0. The van der Waals surface area contributed by atoms with Gasteiger partial charge in [0.15, 0.2) is 0 Å². The van der Waals surface area contributed by atoms with E-state index in [1.165, 1.54) is 6.20 Å². The number of anilines is 2. The number of amides is 1. The first-order chi connectivity index (χ1) is 12.4. The van der Waals surface area contributed by atoms with Gasteiger partial charge in [-0.1, -0.05) is 6.92 Å². The molecule has 1 heterocycles. The summed E-state index contributed by atoms with van der Waals surface area (Å²) >= 11 is 0. The number of hydrogen-bond donors (Lipinski definition) is 5. The Morgan fingerprint density at radius 2 is 1.81 bits per heavy atom. The summed E-state index contributed by atoms with van der Waals surface area (Å²) in [5, 5.41) is 26.3. The molecule has 2 fully saturated rings. The van der Waals surface area contributed by atoms with Crippen LogP contribution in [-0.4, -0.2) is 50.4 Å². The van der Waals surface area contributed by atoms with E-state index in [0.29, 0.717) is 18.2 Å². The molecular weight excluding hydrogens is 334 g/mol. The molecule has 0 spiro atoms. The smallest absolute Gasteiger partial charge is 0.254 e. The monoisotopic (exact) mass is 363 g/mol. The van der Waals surface area contributed by atoms with Gasteiger partial charge in [0.05, 0.1) is 17.8 Å². The summed E-state index contributed by atoms with van der Waals surface area (Å²) in [5.41, 5.74) is 5.71. The Balaban J connectivity index is 1.71. The molecule has 2 saturated carbocycles. The van der Waals surface area contributed by atoms with E-state index < -0.39 is 5.91 Å². The summed E-state index contributed by atoms with van der Waals surface area (Å²) in [6.45, 7) is 2.05. The zero-order chi connectivity index (χ0) is 18.7. The van der Waals surface area contributed by atoms with E-state index in [1.54, 1.807) is 0 Å². The lowest BCUT2D eigenvalue weighted by molar-refractivity contribution is 0.0739. The van der Waals surface area contributed by atoms with Crippen LogP contribution in [0, 0.1) is 5.92 Å². The Labute approximate surface area is 153 Å². The summed E-state index contributed by atoms with van der Waals surface area (Å²) in [6.07, 6.45) is 6.56. The van der Waals surface area contributed by atoms with Crippen LogP contribution in [0.4, 0.5) is 11.8 Å². The van der Waals surface area contributed by atoms with Crippen LogP contribution in [0.25, 0.3) is 0 Å². The number of aliphatic hydroxyl groups excluding tert-OH is 2. The zero-order valence-corrected chi connectivity index (χ0v) is 15.2. The first kappa shape index (κ1) is 18.8. The first-order valence-corrected chi connectivity index (χ1v) is 9.48. The lowest BCUT2D eigenvalue weighted by atomic mass is 9.85. The van der Waals surface area contributed by atoms with E-state index in [2.05, 4.69) is 20.6 Å². The van der Waals surface area contributed by atoms with E-state index in [9.17, 15) is 15.0 Å². The van der Waals surface area contributed by atoms with Crippen molar-refractivity contribution in [2.75, 3.05) is 10.6 Å². The standard InChI is InChI=1S/C18H29N5O3/c1-10-2-3-12(8-15(10)25)21-17-14(16(19)26)9-20-18(23-17)22-11-4-6-13(24)7-5-11/h9-13,15,24-25H,2-8H2,1H3,(H2,19,26)(H2,20,21,22,23)/t10-,11?,12-,13?,15?/m1/s1. The van der Waals surface area contributed by atoms with Crippen molar-refractivity contribution in [3.63, 3.8) is 0 Å². The van der Waals surface area contributed by atoms with Crippen LogP contribution < -0.4 is 16.4 Å². The number of carbonyl (C=O) groups is 1. The number of nitrogens with two attached hydrogens (primary N) is 1. The highest BCUT2D eigenvalue weighted by molar-refractivity contribution is 5.97. The van der Waals surface area contributed by atoms with Gasteiger partial charge in [0.1, 0.15) is 5.82 Å². The fourth-order valence-corrected chi connectivity index (χ4v) is 3.77. The maximum atomic E-state index is 11.7. The van der Waals surface area contributed by atoms with Gasteiger partial charge in [0, 0.05) is 18.3 Å². The highest BCUT2D eigenvalue weighted by Gasteiger charge is 2.27. The number of aliphatic hydroxyl groups is 2. The molecule has 2 aliphatic rings. The molecule has 0 bridgehead atoms. The number of rotatable bonds is 5. The molecule has 3 rings (SSSR count). The summed E-state index contributed by atoms with van der Waals surface area (Å²) in [4.78, 5) is 20.4. The summed E-state index contributed by atoms with van der Waals surface area (Å²) in [6, 6.07) is 0.259. The summed E-state index contributed by atoms with van der Waals surface area (Å²) in [5.74, 6) is 0.568. The summed E-state index contributed by atoms with van der Waals surface area (Å²) < 4.78 is 0. The second-order valence-corrected chi connectivity index (χ2v) is 7.67. The highest BCUT2D eigenvalue weighted by atomic mass is 16.3. The van der Waals surface area contributed by atoms with Gasteiger partial charge in [-0.15, -0.1) is 0 Å². The molecule has 2 aliphatic carbocycles. The Morgan fingerprint density at radius 3 is 2.46 bits per heavy atom. The molecular formula is C18H29N5O3. The Kier molecular flexibility index (Phi) is 5.93. The third-order valence-corrected chi connectivity index (χ3v) is 5.58. The molecule has 0 radical (unpaired) electrons. The molecule has 8 heteroatoms. The molecule has 0 saturated heterocycles. The molecule has 6 N–H and O–H groups in total. The number of primary amides is 1. The van der Waals surface area contributed by atoms with Gasteiger partial charge in [0.2, 0.25) is 5.95 Å². The van der Waals surface area contributed by atoms with Gasteiger partial charge < -0.3 is 26.6 Å². The van der Waals surface area contributed by atoms with E-state index in [0.717, 1.165) is 38.5 Å². The fraction of sp³-hybridized carbons (Fsp3) is 0.722. The topological polar surface area (TPSA) is 133 Å². The largest absolute Gasteiger partial charge is 0.393 e. The molecule has 0 aliphatic heterocycles. The molecule has 3 atom stereocenters. The van der Waals surface area contributed by atoms with Crippen LogP contribution >= 0.6 is 0 Å². The second-order valence-electron chi connectivity index (χ2n) is 7.67. The molecule has 1 aromatic rings. The molecule has 26 heavy (non-hydrogen) atoms. The van der Waals surface area contributed by atoms with E-state index >= 15 is 0 Å². The molecule has 1 amide bonds. The molecule has 0 aromatic carbocycles. The van der Waals surface area contributed by atoms with E-state index in [4.69, 9.17) is 5.73 Å². The number of nitrogens with one attached hydrogen (secondary N) is 2. The molecule has 144 valence electrons. The Morgan fingerprint density at radius 1 is 1.12 bits per heavy atom. The number of hydrogen-bond acceptors (Lipinski definition) is 7. The predicted molar refractivity (Wildman–Crippen MR) is 98.9 cm³/mol. The Bertz CT molecular complexity index is 633. The molecule has 1 aromatic heterocycles. The van der Waals surface area contributed by atoms with Crippen molar-refractivity contribution < 1.29 is 15.0 Å². The van der Waals surface area contributed by atoms with Crippen molar-refractivity contribution in [2.24, 2.45) is 11.7 Å². The van der Waals surface area contributed by atoms with Crippen molar-refractivity contribution in [1.29, 1.82) is 0 Å². The van der Waals surface area contributed by atoms with Crippen LogP contribution in [0.3, 0.4) is 0 Å². The van der Waals surface area contributed by atoms with Crippen LogP contribution in [0.2, 0.25) is 0 Å². The third kappa shape index (κ3) is 4.62. The van der Waals surface area contributed by atoms with Crippen molar-refractivity contribution >= 4 is 17.7 Å². The molecule has 1 unspecified atom stereocenters. The maximum absolute atomic E-state index is 11.7. The normalized spacial score (nSPS) is 32.0. The van der Waals surface area contributed by atoms with E-state index in [-0.39, 0.29) is 35.8 Å². The van der Waals surface area contributed by atoms with Crippen LogP contribution in [0.15, 0.2) is 6.20 Å². The SMILES string of the molecule is C[C@@H]1CC[C@@H](Nc2nc(NC3CCC(O)CC3)ncc2C(N)=O)CC1O. The van der Waals surface area contributed by atoms with Gasteiger partial charge >= 0.3 is 0 Å². The van der Waals surface area contributed by atoms with E-state index in [1.807, 2.05) is 6.92 Å². The first-order valence-electron chi connectivity index (χ1n) is 9.48. The lowest BCUT2D eigenvalue weighted by Gasteiger charge is -2.32. The van der Waals surface area contributed by atoms with Crippen molar-refractivity contribution in [3.8, 4) is 0 Å². The van der Waals surface area contributed by atoms with Crippen molar-refractivity contribution in [2.45, 2.75) is 76.2 Å². The second kappa shape index (κ2) is 8.18. The van der Waals surface area contributed by atoms with Gasteiger partial charge in [-0.25, -0.2) is 4.98 Å². The number of carbonyl (C=O) groups excluding carboxylic acids is 1. The van der Waals surface area contributed by atoms with Crippen LogP contribution in [-0.2, 0) is 0 Å². The van der Waals surface area contributed by atoms with Crippen molar-refractivity contribution in [1.82, 2.24) is 9.97 Å². The van der Waals surface area contributed by atoms with Crippen LogP contribution in [0.1, 0.15) is 62.2 Å². The average molecular weight is 363 g/mol. The predicted octanol–water partition coefficient (Wildman–Crippen LogP) is 1.25. The highest BCUT2D eigenvalue weighted by Crippen LogP contribution is 2.28. The minimum atomic E-state index is -0.579. The van der Waals surface area contributed by atoms with Gasteiger partial charge in [-0.05, 0) is 50.9 Å². The Hall–Kier alpha value is -1.93.